The predicted molar refractivity (Wildman–Crippen MR) is 75.0 cm³/mol. The third-order valence-electron chi connectivity index (χ3n) is 3.28. The molecule has 3 nitrogen and oxygen atoms in total. The Labute approximate surface area is 110 Å². The number of hydrogen-bond acceptors (Lipinski definition) is 2. The zero-order chi connectivity index (χ0) is 13.4. The van der Waals surface area contributed by atoms with Gasteiger partial charge in [-0.3, -0.25) is 10.2 Å². The van der Waals surface area contributed by atoms with E-state index in [1.54, 1.807) is 0 Å². The zero-order valence-electron chi connectivity index (χ0n) is 11.4. The molecule has 0 saturated carbocycles. The number of benzene rings is 1. The van der Waals surface area contributed by atoms with Crippen LogP contribution in [0, 0.1) is 6.92 Å². The van der Waals surface area contributed by atoms with Crippen molar-refractivity contribution in [2.45, 2.75) is 51.9 Å². The molecule has 0 heterocycles. The molecule has 18 heavy (non-hydrogen) atoms. The lowest BCUT2D eigenvalue weighted by atomic mass is 9.92. The first-order valence-corrected chi connectivity index (χ1v) is 6.76. The summed E-state index contributed by atoms with van der Waals surface area (Å²) in [7, 11) is 0. The van der Waals surface area contributed by atoms with E-state index in [2.05, 4.69) is 12.3 Å². The van der Waals surface area contributed by atoms with Gasteiger partial charge in [0, 0.05) is 0 Å². The third-order valence-corrected chi connectivity index (χ3v) is 3.28. The number of carbonyl (C=O) groups is 1. The number of aryl methyl sites for hydroxylation is 1. The number of nitrogens with two attached hydrogens (primary N) is 1. The van der Waals surface area contributed by atoms with E-state index in [1.165, 1.54) is 24.8 Å². The molecule has 1 aromatic carbocycles. The van der Waals surface area contributed by atoms with Crippen molar-refractivity contribution in [2.75, 3.05) is 0 Å². The first-order chi connectivity index (χ1) is 8.69. The van der Waals surface area contributed by atoms with E-state index in [-0.39, 0.29) is 11.8 Å². The van der Waals surface area contributed by atoms with Crippen LogP contribution in [0.25, 0.3) is 0 Å². The van der Waals surface area contributed by atoms with Crippen LogP contribution in [0.2, 0.25) is 0 Å². The molecule has 0 fully saturated rings. The zero-order valence-corrected chi connectivity index (χ0v) is 11.4. The Hall–Kier alpha value is -1.35. The van der Waals surface area contributed by atoms with Gasteiger partial charge in [0.05, 0.1) is 5.92 Å². The van der Waals surface area contributed by atoms with E-state index in [9.17, 15) is 4.79 Å². The van der Waals surface area contributed by atoms with E-state index in [4.69, 9.17) is 5.84 Å². The molecule has 0 radical (unpaired) electrons. The molecule has 0 aliphatic heterocycles. The monoisotopic (exact) mass is 248 g/mol. The second-order valence-corrected chi connectivity index (χ2v) is 4.82. The smallest absolute Gasteiger partial charge is 0.241 e. The normalized spacial score (nSPS) is 12.2. The minimum atomic E-state index is -0.118. The van der Waals surface area contributed by atoms with Gasteiger partial charge in [0.2, 0.25) is 5.91 Å². The highest BCUT2D eigenvalue weighted by atomic mass is 16.2. The lowest BCUT2D eigenvalue weighted by molar-refractivity contribution is -0.122. The van der Waals surface area contributed by atoms with E-state index in [0.29, 0.717) is 0 Å². The summed E-state index contributed by atoms with van der Waals surface area (Å²) in [5.41, 5.74) is 4.54. The molecule has 0 bridgehead atoms. The van der Waals surface area contributed by atoms with Gasteiger partial charge in [-0.2, -0.15) is 0 Å². The van der Waals surface area contributed by atoms with Crippen LogP contribution in [0.1, 0.15) is 56.1 Å². The molecule has 1 atom stereocenters. The van der Waals surface area contributed by atoms with Gasteiger partial charge < -0.3 is 0 Å². The van der Waals surface area contributed by atoms with E-state index in [0.717, 1.165) is 18.4 Å². The molecule has 0 aliphatic carbocycles. The van der Waals surface area contributed by atoms with Crippen LogP contribution < -0.4 is 11.3 Å². The van der Waals surface area contributed by atoms with E-state index >= 15 is 0 Å². The molecule has 0 aromatic heterocycles. The SMILES string of the molecule is CCCCCCC(C(=O)NN)c1ccc(C)cc1. The number of amides is 1. The second-order valence-electron chi connectivity index (χ2n) is 4.82. The molecule has 1 rings (SSSR count). The van der Waals surface area contributed by atoms with Gasteiger partial charge in [-0.1, -0.05) is 62.4 Å². The minimum Gasteiger partial charge on any atom is -0.294 e. The molecular formula is C15H24N2O. The van der Waals surface area contributed by atoms with Gasteiger partial charge in [-0.15, -0.1) is 0 Å². The van der Waals surface area contributed by atoms with Crippen molar-refractivity contribution in [3.05, 3.63) is 35.4 Å². The Balaban J connectivity index is 2.66. The number of unbranched alkanes of at least 4 members (excludes halogenated alkanes) is 3. The van der Waals surface area contributed by atoms with Gasteiger partial charge in [0.15, 0.2) is 0 Å². The van der Waals surface area contributed by atoms with Crippen LogP contribution in [-0.4, -0.2) is 5.91 Å². The maximum absolute atomic E-state index is 11.8. The minimum absolute atomic E-state index is 0.0876. The Morgan fingerprint density at radius 2 is 1.89 bits per heavy atom. The van der Waals surface area contributed by atoms with Crippen molar-refractivity contribution in [3.8, 4) is 0 Å². The van der Waals surface area contributed by atoms with Crippen molar-refractivity contribution < 1.29 is 4.79 Å². The fourth-order valence-electron chi connectivity index (χ4n) is 2.12. The molecule has 1 amide bonds. The van der Waals surface area contributed by atoms with Gasteiger partial charge >= 0.3 is 0 Å². The second kappa shape index (κ2) is 7.88. The molecule has 0 saturated heterocycles. The quantitative estimate of drug-likeness (QED) is 0.337. The van der Waals surface area contributed by atoms with Crippen LogP contribution in [0.5, 0.6) is 0 Å². The van der Waals surface area contributed by atoms with Crippen LogP contribution >= 0.6 is 0 Å². The maximum Gasteiger partial charge on any atom is 0.241 e. The van der Waals surface area contributed by atoms with Crippen molar-refractivity contribution in [1.29, 1.82) is 0 Å². The summed E-state index contributed by atoms with van der Waals surface area (Å²) in [6.45, 7) is 4.23. The summed E-state index contributed by atoms with van der Waals surface area (Å²) < 4.78 is 0. The first kappa shape index (κ1) is 14.7. The van der Waals surface area contributed by atoms with Crippen LogP contribution in [-0.2, 0) is 4.79 Å². The fourth-order valence-corrected chi connectivity index (χ4v) is 2.12. The molecule has 3 heteroatoms. The number of rotatable bonds is 7. The van der Waals surface area contributed by atoms with Crippen LogP contribution in [0.4, 0.5) is 0 Å². The molecule has 1 aromatic rings. The van der Waals surface area contributed by atoms with Crippen LogP contribution in [0.15, 0.2) is 24.3 Å². The average Bonchev–Trinajstić information content (AvgIpc) is 2.39. The average molecular weight is 248 g/mol. The lowest BCUT2D eigenvalue weighted by Gasteiger charge is -2.15. The lowest BCUT2D eigenvalue weighted by Crippen LogP contribution is -2.34. The van der Waals surface area contributed by atoms with Gasteiger partial charge in [0.1, 0.15) is 0 Å². The highest BCUT2D eigenvalue weighted by molar-refractivity contribution is 5.83. The Morgan fingerprint density at radius 3 is 2.44 bits per heavy atom. The number of hydrazine groups is 1. The summed E-state index contributed by atoms with van der Waals surface area (Å²) in [6, 6.07) is 8.13. The number of nitrogens with one attached hydrogen (secondary N) is 1. The molecule has 1 unspecified atom stereocenters. The van der Waals surface area contributed by atoms with Gasteiger partial charge in [-0.05, 0) is 18.9 Å². The molecule has 100 valence electrons. The summed E-state index contributed by atoms with van der Waals surface area (Å²) in [6.07, 6.45) is 5.55. The summed E-state index contributed by atoms with van der Waals surface area (Å²) in [5, 5.41) is 0. The molecular weight excluding hydrogens is 224 g/mol. The molecule has 3 N–H and O–H groups in total. The number of hydrogen-bond donors (Lipinski definition) is 2. The van der Waals surface area contributed by atoms with E-state index in [1.807, 2.05) is 31.2 Å². The first-order valence-electron chi connectivity index (χ1n) is 6.76. The van der Waals surface area contributed by atoms with Crippen molar-refractivity contribution in [2.24, 2.45) is 5.84 Å². The summed E-state index contributed by atoms with van der Waals surface area (Å²) in [5.74, 6) is 5.07. The van der Waals surface area contributed by atoms with E-state index < -0.39 is 0 Å². The highest BCUT2D eigenvalue weighted by Crippen LogP contribution is 2.23. The van der Waals surface area contributed by atoms with Crippen molar-refractivity contribution >= 4 is 5.91 Å². The largest absolute Gasteiger partial charge is 0.294 e. The Morgan fingerprint density at radius 1 is 1.22 bits per heavy atom. The summed E-state index contributed by atoms with van der Waals surface area (Å²) in [4.78, 5) is 11.8. The Kier molecular flexibility index (Phi) is 6.44. The van der Waals surface area contributed by atoms with Gasteiger partial charge in [0.25, 0.3) is 0 Å². The topological polar surface area (TPSA) is 55.1 Å². The van der Waals surface area contributed by atoms with Crippen molar-refractivity contribution in [3.63, 3.8) is 0 Å². The standard InChI is InChI=1S/C15H24N2O/c1-3-4-5-6-7-14(15(18)17-16)13-10-8-12(2)9-11-13/h8-11,14H,3-7,16H2,1-2H3,(H,17,18). The van der Waals surface area contributed by atoms with Gasteiger partial charge in [-0.25, -0.2) is 5.84 Å². The third kappa shape index (κ3) is 4.49. The summed E-state index contributed by atoms with van der Waals surface area (Å²) >= 11 is 0. The molecule has 0 spiro atoms. The number of carbonyl (C=O) groups excluding carboxylic acids is 1. The van der Waals surface area contributed by atoms with Crippen molar-refractivity contribution in [1.82, 2.24) is 5.43 Å². The maximum atomic E-state index is 11.8. The molecule has 0 aliphatic rings. The van der Waals surface area contributed by atoms with Crippen LogP contribution in [0.3, 0.4) is 0 Å². The predicted octanol–water partition coefficient (Wildman–Crippen LogP) is 3.04. The fraction of sp³-hybridized carbons (Fsp3) is 0.533. The Bertz CT molecular complexity index is 359. The highest BCUT2D eigenvalue weighted by Gasteiger charge is 2.18.